The molecule has 3 rings (SSSR count). The molecule has 1 aromatic heterocycles. The lowest BCUT2D eigenvalue weighted by molar-refractivity contribution is -0.127. The van der Waals surface area contributed by atoms with E-state index in [9.17, 15) is 4.79 Å². The Morgan fingerprint density at radius 1 is 1.10 bits per heavy atom. The molecule has 158 valence electrons. The molecule has 1 heterocycles. The number of ether oxygens (including phenoxy) is 1. The van der Waals surface area contributed by atoms with Crippen molar-refractivity contribution in [1.29, 1.82) is 0 Å². The smallest absolute Gasteiger partial charge is 0.233 e. The molecule has 0 saturated carbocycles. The Morgan fingerprint density at radius 2 is 1.77 bits per heavy atom. The molecule has 0 fully saturated rings. The number of hydrogen-bond acceptors (Lipinski definition) is 5. The van der Waals surface area contributed by atoms with Gasteiger partial charge in [0, 0.05) is 25.2 Å². The Kier molecular flexibility index (Phi) is 7.15. The maximum Gasteiger partial charge on any atom is 0.233 e. The van der Waals surface area contributed by atoms with Gasteiger partial charge in [-0.3, -0.25) is 9.36 Å². The fourth-order valence-electron chi connectivity index (χ4n) is 3.07. The van der Waals surface area contributed by atoms with Gasteiger partial charge in [-0.15, -0.1) is 10.2 Å². The van der Waals surface area contributed by atoms with Crippen molar-refractivity contribution >= 4 is 17.7 Å². The number of benzene rings is 2. The van der Waals surface area contributed by atoms with E-state index in [0.717, 1.165) is 27.9 Å². The summed E-state index contributed by atoms with van der Waals surface area (Å²) in [5.74, 6) is 1.96. The van der Waals surface area contributed by atoms with Gasteiger partial charge in [0.2, 0.25) is 5.91 Å². The van der Waals surface area contributed by atoms with Crippen molar-refractivity contribution in [3.63, 3.8) is 0 Å². The molecule has 30 heavy (non-hydrogen) atoms. The summed E-state index contributed by atoms with van der Waals surface area (Å²) in [4.78, 5) is 14.4. The number of methoxy groups -OCH3 is 1. The van der Waals surface area contributed by atoms with Crippen LogP contribution >= 0.6 is 11.8 Å². The zero-order valence-corrected chi connectivity index (χ0v) is 18.9. The predicted molar refractivity (Wildman–Crippen MR) is 121 cm³/mol. The molecule has 0 bridgehead atoms. The summed E-state index contributed by atoms with van der Waals surface area (Å²) in [7, 11) is 3.48. The molecule has 0 spiro atoms. The second-order valence-electron chi connectivity index (χ2n) is 7.52. The first-order valence-corrected chi connectivity index (χ1v) is 10.9. The lowest BCUT2D eigenvalue weighted by atomic mass is 10.1. The van der Waals surface area contributed by atoms with Crippen LogP contribution in [0.5, 0.6) is 5.75 Å². The normalized spacial score (nSPS) is 11.0. The largest absolute Gasteiger partial charge is 0.497 e. The van der Waals surface area contributed by atoms with Crippen molar-refractivity contribution in [2.24, 2.45) is 0 Å². The van der Waals surface area contributed by atoms with Crippen LogP contribution < -0.4 is 4.74 Å². The SMILES string of the molecule is COc1ccc(-c2nnc(SCC(=O)N(C)Cc3ccc(C)cc3)n2C(C)C)cc1. The van der Waals surface area contributed by atoms with E-state index in [-0.39, 0.29) is 11.9 Å². The topological polar surface area (TPSA) is 60.3 Å². The number of carbonyl (C=O) groups is 1. The summed E-state index contributed by atoms with van der Waals surface area (Å²) in [6.45, 7) is 6.82. The number of nitrogens with zero attached hydrogens (tertiary/aromatic N) is 4. The molecular formula is C23H28N4O2S. The molecule has 0 unspecified atom stereocenters. The molecular weight excluding hydrogens is 396 g/mol. The molecule has 0 aliphatic heterocycles. The van der Waals surface area contributed by atoms with Gasteiger partial charge in [-0.2, -0.15) is 0 Å². The molecule has 6 nitrogen and oxygen atoms in total. The molecule has 0 saturated heterocycles. The molecule has 0 aliphatic rings. The maximum absolute atomic E-state index is 12.6. The van der Waals surface area contributed by atoms with Crippen LogP contribution in [0.2, 0.25) is 0 Å². The first-order chi connectivity index (χ1) is 14.4. The van der Waals surface area contributed by atoms with Gasteiger partial charge in [-0.1, -0.05) is 41.6 Å². The lowest BCUT2D eigenvalue weighted by Crippen LogP contribution is -2.28. The van der Waals surface area contributed by atoms with Gasteiger partial charge in [0.05, 0.1) is 12.9 Å². The van der Waals surface area contributed by atoms with Crippen LogP contribution in [0.4, 0.5) is 0 Å². The Labute approximate surface area is 182 Å². The number of aryl methyl sites for hydroxylation is 1. The number of carbonyl (C=O) groups excluding carboxylic acids is 1. The van der Waals surface area contributed by atoms with Gasteiger partial charge in [0.25, 0.3) is 0 Å². The average molecular weight is 425 g/mol. The summed E-state index contributed by atoms with van der Waals surface area (Å²) >= 11 is 1.42. The summed E-state index contributed by atoms with van der Waals surface area (Å²) in [5.41, 5.74) is 3.30. The minimum Gasteiger partial charge on any atom is -0.497 e. The number of aromatic nitrogens is 3. The minimum absolute atomic E-state index is 0.0601. The molecule has 0 N–H and O–H groups in total. The van der Waals surface area contributed by atoms with Crippen molar-refractivity contribution in [3.8, 4) is 17.1 Å². The third-order valence-electron chi connectivity index (χ3n) is 4.82. The van der Waals surface area contributed by atoms with Crippen molar-refractivity contribution in [2.45, 2.75) is 38.5 Å². The zero-order valence-electron chi connectivity index (χ0n) is 18.1. The number of thioether (sulfide) groups is 1. The highest BCUT2D eigenvalue weighted by Gasteiger charge is 2.19. The summed E-state index contributed by atoms with van der Waals surface area (Å²) in [5, 5.41) is 9.49. The highest BCUT2D eigenvalue weighted by Crippen LogP contribution is 2.29. The van der Waals surface area contributed by atoms with Crippen molar-refractivity contribution in [2.75, 3.05) is 19.9 Å². The second-order valence-corrected chi connectivity index (χ2v) is 8.47. The number of rotatable bonds is 8. The van der Waals surface area contributed by atoms with Crippen LogP contribution in [0, 0.1) is 6.92 Å². The zero-order chi connectivity index (χ0) is 21.7. The van der Waals surface area contributed by atoms with E-state index in [2.05, 4.69) is 59.8 Å². The van der Waals surface area contributed by atoms with E-state index in [1.807, 2.05) is 31.3 Å². The Bertz CT molecular complexity index is 981. The first-order valence-electron chi connectivity index (χ1n) is 9.90. The first kappa shape index (κ1) is 21.9. The molecule has 7 heteroatoms. The summed E-state index contributed by atoms with van der Waals surface area (Å²) in [6.07, 6.45) is 0. The van der Waals surface area contributed by atoms with Crippen LogP contribution in [-0.4, -0.2) is 45.5 Å². The van der Waals surface area contributed by atoms with E-state index < -0.39 is 0 Å². The van der Waals surface area contributed by atoms with Gasteiger partial charge in [-0.25, -0.2) is 0 Å². The highest BCUT2D eigenvalue weighted by molar-refractivity contribution is 7.99. The van der Waals surface area contributed by atoms with Crippen LogP contribution in [-0.2, 0) is 11.3 Å². The molecule has 1 amide bonds. The molecule has 0 radical (unpaired) electrons. The fourth-order valence-corrected chi connectivity index (χ4v) is 4.08. The lowest BCUT2D eigenvalue weighted by Gasteiger charge is -2.18. The van der Waals surface area contributed by atoms with E-state index in [0.29, 0.717) is 12.3 Å². The van der Waals surface area contributed by atoms with Crippen LogP contribution in [0.25, 0.3) is 11.4 Å². The molecule has 2 aromatic carbocycles. The molecule has 0 atom stereocenters. The van der Waals surface area contributed by atoms with E-state index >= 15 is 0 Å². The van der Waals surface area contributed by atoms with Crippen molar-refractivity contribution < 1.29 is 9.53 Å². The number of hydrogen-bond donors (Lipinski definition) is 0. The maximum atomic E-state index is 12.6. The van der Waals surface area contributed by atoms with Gasteiger partial charge in [0.1, 0.15) is 5.75 Å². The fraction of sp³-hybridized carbons (Fsp3) is 0.348. The van der Waals surface area contributed by atoms with Crippen LogP contribution in [0.1, 0.15) is 31.0 Å². The van der Waals surface area contributed by atoms with Gasteiger partial charge < -0.3 is 9.64 Å². The monoisotopic (exact) mass is 424 g/mol. The van der Waals surface area contributed by atoms with E-state index in [1.54, 1.807) is 12.0 Å². The van der Waals surface area contributed by atoms with E-state index in [1.165, 1.54) is 17.3 Å². The summed E-state index contributed by atoms with van der Waals surface area (Å²) in [6, 6.07) is 16.2. The minimum atomic E-state index is 0.0601. The Balaban J connectivity index is 1.69. The summed E-state index contributed by atoms with van der Waals surface area (Å²) < 4.78 is 7.30. The van der Waals surface area contributed by atoms with Crippen LogP contribution in [0.3, 0.4) is 0 Å². The Morgan fingerprint density at radius 3 is 2.37 bits per heavy atom. The third-order valence-corrected chi connectivity index (χ3v) is 5.75. The molecule has 3 aromatic rings. The van der Waals surface area contributed by atoms with Crippen LogP contribution in [0.15, 0.2) is 53.7 Å². The standard InChI is InChI=1S/C23H28N4O2S/c1-16(2)27-22(19-10-12-20(29-5)13-11-19)24-25-23(27)30-15-21(28)26(4)14-18-8-6-17(3)7-9-18/h6-13,16H,14-15H2,1-5H3. The van der Waals surface area contributed by atoms with Crippen molar-refractivity contribution in [3.05, 3.63) is 59.7 Å². The van der Waals surface area contributed by atoms with Gasteiger partial charge in [0.15, 0.2) is 11.0 Å². The van der Waals surface area contributed by atoms with Gasteiger partial charge >= 0.3 is 0 Å². The third kappa shape index (κ3) is 5.21. The molecule has 0 aliphatic carbocycles. The Hall–Kier alpha value is -2.80. The predicted octanol–water partition coefficient (Wildman–Crippen LogP) is 4.59. The average Bonchev–Trinajstić information content (AvgIpc) is 3.18. The van der Waals surface area contributed by atoms with Crippen molar-refractivity contribution in [1.82, 2.24) is 19.7 Å². The quantitative estimate of drug-likeness (QED) is 0.495. The van der Waals surface area contributed by atoms with Gasteiger partial charge in [-0.05, 0) is 50.6 Å². The second kappa shape index (κ2) is 9.80. The number of amides is 1. The van der Waals surface area contributed by atoms with E-state index in [4.69, 9.17) is 4.74 Å². The highest BCUT2D eigenvalue weighted by atomic mass is 32.2.